The van der Waals surface area contributed by atoms with Gasteiger partial charge in [0.2, 0.25) is 5.91 Å². The number of hydrogen-bond donors (Lipinski definition) is 1. The van der Waals surface area contributed by atoms with Crippen LogP contribution in [0.15, 0.2) is 36.5 Å². The Bertz CT molecular complexity index is 1800. The highest BCUT2D eigenvalue weighted by atomic mass is 16.7. The van der Waals surface area contributed by atoms with Crippen molar-refractivity contribution < 1.29 is 57.3 Å². The Morgan fingerprint density at radius 1 is 0.962 bits per heavy atom. The van der Waals surface area contributed by atoms with Gasteiger partial charge in [0.1, 0.15) is 35.7 Å². The minimum Gasteiger partial charge on any atom is -0.485 e. The Morgan fingerprint density at radius 3 is 2.40 bits per heavy atom. The van der Waals surface area contributed by atoms with E-state index in [9.17, 15) is 28.8 Å². The third-order valence-electron chi connectivity index (χ3n) is 8.03. The first kappa shape index (κ1) is 37.8. The zero-order valence-corrected chi connectivity index (χ0v) is 29.1. The summed E-state index contributed by atoms with van der Waals surface area (Å²) < 4.78 is 31.0. The van der Waals surface area contributed by atoms with Crippen LogP contribution in [0.1, 0.15) is 64.3 Å². The number of carbonyl (C=O) groups excluding carboxylic acids is 6. The Labute approximate surface area is 297 Å². The Balaban J connectivity index is 1.26. The number of carbonyl (C=O) groups is 6. The number of pyridine rings is 1. The molecule has 2 aliphatic heterocycles. The van der Waals surface area contributed by atoms with Crippen molar-refractivity contribution in [2.75, 3.05) is 6.61 Å². The smallest absolute Gasteiger partial charge is 0.333 e. The Morgan fingerprint density at radius 2 is 1.69 bits per heavy atom. The molecule has 0 aliphatic carbocycles. The molecule has 1 N–H and O–H groups in total. The summed E-state index contributed by atoms with van der Waals surface area (Å²) in [4.78, 5) is 81.9. The van der Waals surface area contributed by atoms with Crippen LogP contribution >= 0.6 is 0 Å². The van der Waals surface area contributed by atoms with Gasteiger partial charge in [-0.1, -0.05) is 23.4 Å². The van der Waals surface area contributed by atoms with Gasteiger partial charge in [-0.25, -0.2) is 14.5 Å². The molecule has 2 unspecified atom stereocenters. The quantitative estimate of drug-likeness (QED) is 0.134. The van der Waals surface area contributed by atoms with E-state index in [2.05, 4.69) is 20.6 Å². The second-order valence-electron chi connectivity index (χ2n) is 12.3. The molecule has 278 valence electrons. The lowest BCUT2D eigenvalue weighted by molar-refractivity contribution is -0.274. The van der Waals surface area contributed by atoms with Crippen LogP contribution in [0.3, 0.4) is 0 Å². The number of ether oxygens (including phenoxy) is 5. The van der Waals surface area contributed by atoms with E-state index in [1.54, 1.807) is 6.20 Å². The van der Waals surface area contributed by atoms with Crippen molar-refractivity contribution in [1.82, 2.24) is 30.4 Å². The summed E-state index contributed by atoms with van der Waals surface area (Å²) >= 11 is 0. The third-order valence-corrected chi connectivity index (χ3v) is 8.03. The molecule has 18 nitrogen and oxygen atoms in total. The van der Waals surface area contributed by atoms with Crippen molar-refractivity contribution in [3.05, 3.63) is 47.9 Å². The Kier molecular flexibility index (Phi) is 12.5. The van der Waals surface area contributed by atoms with Crippen LogP contribution in [0.5, 0.6) is 5.75 Å². The standard InChI is InChI=1S/C34H40N6O12/c1-19-11-12-23-8-7-9-25(30(23)35-19)48-18-24-16-39(38-37-24)17-26-32(49-21(3)42)33(50-22(4)43)31(36-20(2)41)34(51-26)47-15-6-5-10-29(46)52-40-27(44)13-14-28(40)45/h7-9,11-12,16,26,31-34H,5-6,10,13-15,17-18H2,1-4H3,(H,36,41)/t26?,31?,32-,33+,34-/m0/s1. The van der Waals surface area contributed by atoms with Crippen molar-refractivity contribution in [3.8, 4) is 5.75 Å². The number of aromatic nitrogens is 4. The van der Waals surface area contributed by atoms with Crippen molar-refractivity contribution in [3.63, 3.8) is 0 Å². The van der Waals surface area contributed by atoms with Crippen LogP contribution in [0.2, 0.25) is 0 Å². The zero-order chi connectivity index (χ0) is 37.4. The van der Waals surface area contributed by atoms with Crippen molar-refractivity contribution >= 4 is 46.5 Å². The van der Waals surface area contributed by atoms with Gasteiger partial charge in [0.15, 0.2) is 18.5 Å². The van der Waals surface area contributed by atoms with Gasteiger partial charge >= 0.3 is 17.9 Å². The molecule has 0 saturated carbocycles. The van der Waals surface area contributed by atoms with Gasteiger partial charge in [-0.15, -0.1) is 10.2 Å². The number of hydrogen-bond acceptors (Lipinski definition) is 15. The fourth-order valence-corrected chi connectivity index (χ4v) is 5.79. The van der Waals surface area contributed by atoms with E-state index in [4.69, 9.17) is 28.5 Å². The molecule has 0 radical (unpaired) electrons. The van der Waals surface area contributed by atoms with E-state index >= 15 is 0 Å². The van der Waals surface area contributed by atoms with Crippen molar-refractivity contribution in [2.24, 2.45) is 0 Å². The lowest BCUT2D eigenvalue weighted by Gasteiger charge is -2.45. The lowest BCUT2D eigenvalue weighted by Crippen LogP contribution is -2.66. The molecule has 0 spiro atoms. The van der Waals surface area contributed by atoms with Gasteiger partial charge < -0.3 is 33.8 Å². The van der Waals surface area contributed by atoms with E-state index in [0.29, 0.717) is 28.4 Å². The fourth-order valence-electron chi connectivity index (χ4n) is 5.79. The second kappa shape index (κ2) is 17.1. The predicted octanol–water partition coefficient (Wildman–Crippen LogP) is 1.60. The molecule has 2 fully saturated rings. The van der Waals surface area contributed by atoms with Crippen molar-refractivity contribution in [1.29, 1.82) is 0 Å². The van der Waals surface area contributed by atoms with Crippen LogP contribution in [0, 0.1) is 6.92 Å². The number of fused-ring (bicyclic) bond motifs is 1. The average molecular weight is 725 g/mol. The maximum atomic E-state index is 12.3. The summed E-state index contributed by atoms with van der Waals surface area (Å²) in [7, 11) is 0. The maximum absolute atomic E-state index is 12.3. The van der Waals surface area contributed by atoms with Crippen molar-refractivity contribution in [2.45, 2.75) is 104 Å². The lowest BCUT2D eigenvalue weighted by atomic mass is 9.95. The number of nitrogens with zero attached hydrogens (tertiary/aromatic N) is 5. The van der Waals surface area contributed by atoms with Gasteiger partial charge in [0, 0.05) is 57.7 Å². The molecule has 18 heteroatoms. The molecular formula is C34H40N6O12. The van der Waals surface area contributed by atoms with Crippen LogP contribution in [-0.4, -0.2) is 97.9 Å². The van der Waals surface area contributed by atoms with E-state index in [-0.39, 0.29) is 45.4 Å². The summed E-state index contributed by atoms with van der Waals surface area (Å²) in [6.45, 7) is 5.55. The number of nitrogens with one attached hydrogen (secondary N) is 1. The number of para-hydroxylation sites is 1. The number of hydroxylamine groups is 2. The van der Waals surface area contributed by atoms with Gasteiger partial charge in [-0.2, -0.15) is 0 Å². The molecule has 52 heavy (non-hydrogen) atoms. The number of rotatable bonds is 15. The summed E-state index contributed by atoms with van der Waals surface area (Å²) in [5, 5.41) is 12.5. The highest BCUT2D eigenvalue weighted by molar-refractivity contribution is 6.01. The van der Waals surface area contributed by atoms with Crippen LogP contribution in [-0.2, 0) is 65.7 Å². The van der Waals surface area contributed by atoms with Gasteiger partial charge in [0.25, 0.3) is 11.8 Å². The van der Waals surface area contributed by atoms with Crippen LogP contribution in [0.25, 0.3) is 10.9 Å². The first-order chi connectivity index (χ1) is 24.9. The summed E-state index contributed by atoms with van der Waals surface area (Å²) in [6.07, 6.45) is -2.58. The average Bonchev–Trinajstić information content (AvgIpc) is 3.67. The van der Waals surface area contributed by atoms with E-state index in [1.165, 1.54) is 25.5 Å². The monoisotopic (exact) mass is 724 g/mol. The molecule has 2 aliphatic rings. The first-order valence-corrected chi connectivity index (χ1v) is 16.7. The maximum Gasteiger partial charge on any atom is 0.333 e. The second-order valence-corrected chi connectivity index (χ2v) is 12.3. The van der Waals surface area contributed by atoms with E-state index < -0.39 is 66.3 Å². The molecule has 5 atom stereocenters. The first-order valence-electron chi connectivity index (χ1n) is 16.7. The molecular weight excluding hydrogens is 684 g/mol. The molecule has 4 heterocycles. The summed E-state index contributed by atoms with van der Waals surface area (Å²) in [5.41, 5.74) is 2.03. The number of benzene rings is 1. The molecule has 3 amide bonds. The fraction of sp³-hybridized carbons (Fsp3) is 0.500. The van der Waals surface area contributed by atoms with E-state index in [0.717, 1.165) is 11.1 Å². The topological polar surface area (TPSA) is 217 Å². The molecule has 2 aromatic heterocycles. The highest BCUT2D eigenvalue weighted by Crippen LogP contribution is 2.29. The third kappa shape index (κ3) is 9.85. The van der Waals surface area contributed by atoms with Crippen LogP contribution in [0.4, 0.5) is 0 Å². The SMILES string of the molecule is CC(=O)NC1[C@@H](OCCCCC(=O)ON2C(=O)CCC2=O)OC(Cn2cc(COc3cccc4ccc(C)nc34)nn2)[C@H](OC(C)=O)[C@@H]1OC(C)=O. The minimum atomic E-state index is -1.23. The molecule has 5 rings (SSSR count). The number of amides is 3. The number of imide groups is 1. The molecule has 0 bridgehead atoms. The van der Waals surface area contributed by atoms with Crippen LogP contribution < -0.4 is 10.1 Å². The molecule has 1 aromatic carbocycles. The summed E-state index contributed by atoms with van der Waals surface area (Å²) in [5.74, 6) is -3.22. The Hall–Kier alpha value is -5.49. The molecule has 3 aromatic rings. The van der Waals surface area contributed by atoms with Gasteiger partial charge in [-0.05, 0) is 31.9 Å². The zero-order valence-electron chi connectivity index (χ0n) is 29.1. The number of aryl methyl sites for hydroxylation is 1. The largest absolute Gasteiger partial charge is 0.485 e. The number of unbranched alkanes of at least 4 members (excludes halogenated alkanes) is 1. The van der Waals surface area contributed by atoms with E-state index in [1.807, 2.05) is 37.3 Å². The van der Waals surface area contributed by atoms with Gasteiger partial charge in [-0.3, -0.25) is 24.0 Å². The normalized spacial score (nSPS) is 21.5. The van der Waals surface area contributed by atoms with Gasteiger partial charge in [0.05, 0.1) is 12.7 Å². The predicted molar refractivity (Wildman–Crippen MR) is 175 cm³/mol. The minimum absolute atomic E-state index is 0.0134. The summed E-state index contributed by atoms with van der Waals surface area (Å²) in [6, 6.07) is 8.39. The highest BCUT2D eigenvalue weighted by Gasteiger charge is 2.51. The molecule has 2 saturated heterocycles. The number of esters is 2.